The van der Waals surface area contributed by atoms with Crippen molar-refractivity contribution in [3.05, 3.63) is 43.5 Å². The van der Waals surface area contributed by atoms with Crippen LogP contribution in [0.15, 0.2) is 37.8 Å². The molecule has 0 aromatic carbocycles. The van der Waals surface area contributed by atoms with Crippen molar-refractivity contribution in [1.29, 1.82) is 0 Å². The van der Waals surface area contributed by atoms with E-state index in [1.165, 1.54) is 62.8 Å². The predicted molar refractivity (Wildman–Crippen MR) is 173 cm³/mol. The van der Waals surface area contributed by atoms with Gasteiger partial charge in [-0.2, -0.15) is 20.1 Å². The number of H-pyrrole nitrogens is 1. The van der Waals surface area contributed by atoms with E-state index in [9.17, 15) is 4.79 Å². The van der Waals surface area contributed by atoms with Crippen LogP contribution in [0.3, 0.4) is 0 Å². The smallest absolute Gasteiger partial charge is 0.235 e. The molecule has 14 nitrogen and oxygen atoms in total. The van der Waals surface area contributed by atoms with Gasteiger partial charge in [0.15, 0.2) is 11.6 Å². The zero-order valence-electron chi connectivity index (χ0n) is 25.6. The van der Waals surface area contributed by atoms with Crippen LogP contribution in [0.4, 0.5) is 29.5 Å². The van der Waals surface area contributed by atoms with Crippen molar-refractivity contribution in [2.75, 3.05) is 60.8 Å². The van der Waals surface area contributed by atoms with E-state index < -0.39 is 0 Å². The van der Waals surface area contributed by atoms with Crippen LogP contribution >= 0.6 is 0 Å². The molecule has 0 radical (unpaired) electrons. The summed E-state index contributed by atoms with van der Waals surface area (Å²) in [5, 5.41) is 20.2. The fraction of sp³-hybridized carbons (Fsp3) is 0.500. The largest absolute Gasteiger partial charge is 0.400 e. The van der Waals surface area contributed by atoms with Crippen LogP contribution in [0.25, 0.3) is 0 Å². The number of hydrogen-bond donors (Lipinski definition) is 4. The third-order valence-electron chi connectivity index (χ3n) is 7.76. The number of nitrogens with one attached hydrogen (secondary N) is 3. The summed E-state index contributed by atoms with van der Waals surface area (Å²) in [5.41, 5.74) is 1.21. The maximum Gasteiger partial charge on any atom is 0.235 e. The summed E-state index contributed by atoms with van der Waals surface area (Å²) in [6.45, 7) is 10.0. The number of likely N-dealkylation sites (N-methyl/N-ethyl adjacent to an activating group) is 1. The number of aromatic nitrogens is 7. The highest BCUT2D eigenvalue weighted by molar-refractivity contribution is 5.67. The van der Waals surface area contributed by atoms with Crippen LogP contribution in [0.5, 0.6) is 0 Å². The van der Waals surface area contributed by atoms with E-state index in [0.717, 1.165) is 51.0 Å². The molecule has 3 saturated heterocycles. The van der Waals surface area contributed by atoms with E-state index in [2.05, 4.69) is 84.6 Å². The minimum Gasteiger partial charge on any atom is -0.400 e. The Hall–Kier alpha value is -4.61. The lowest BCUT2D eigenvalue weighted by Gasteiger charge is -2.39. The molecule has 3 aliphatic heterocycles. The second kappa shape index (κ2) is 17.5. The van der Waals surface area contributed by atoms with E-state index in [4.69, 9.17) is 20.1 Å². The van der Waals surface area contributed by atoms with Crippen LogP contribution in [0.1, 0.15) is 50.1 Å². The van der Waals surface area contributed by atoms with Crippen molar-refractivity contribution in [3.8, 4) is 12.8 Å². The Morgan fingerprint density at radius 2 is 1.59 bits per heavy atom. The molecule has 3 aromatic heterocycles. The lowest BCUT2D eigenvalue weighted by molar-refractivity contribution is -0.105. The first kappa shape index (κ1) is 33.9. The number of amides is 1. The number of terminal acetylenes is 1. The van der Waals surface area contributed by atoms with Crippen LogP contribution in [-0.4, -0.2) is 104 Å². The van der Waals surface area contributed by atoms with Crippen molar-refractivity contribution in [3.63, 3.8) is 0 Å². The fourth-order valence-corrected chi connectivity index (χ4v) is 5.44. The highest BCUT2D eigenvalue weighted by Gasteiger charge is 2.38. The van der Waals surface area contributed by atoms with Gasteiger partial charge in [0, 0.05) is 75.4 Å². The van der Waals surface area contributed by atoms with Crippen molar-refractivity contribution >= 4 is 35.9 Å². The topological polar surface area (TPSA) is 164 Å². The SMILES string of the molecule is C#C.C=C.CN1[C@@H]2CC[C@H]1CN(c1nc(Nc3cc(C4CC4)[nH]n3)nc(N3CCCC3)n1)C2.CO.O=CNc1cnccn1. The number of aliphatic hydroxyl groups excluding tert-OH is 1. The summed E-state index contributed by atoms with van der Waals surface area (Å²) in [6, 6.07) is 3.29. The number of anilines is 5. The maximum absolute atomic E-state index is 9.80. The Kier molecular flexibility index (Phi) is 13.5. The number of carbonyl (C=O) groups is 1. The Morgan fingerprint density at radius 3 is 2.16 bits per heavy atom. The Morgan fingerprint density at radius 1 is 0.955 bits per heavy atom. The van der Waals surface area contributed by atoms with E-state index in [0.29, 0.717) is 36.2 Å². The molecule has 0 spiro atoms. The van der Waals surface area contributed by atoms with Gasteiger partial charge in [-0.05, 0) is 45.6 Å². The van der Waals surface area contributed by atoms with Crippen LogP contribution in [0.2, 0.25) is 0 Å². The average Bonchev–Trinajstić information content (AvgIpc) is 3.50. The summed E-state index contributed by atoms with van der Waals surface area (Å²) in [4.78, 5) is 38.9. The molecule has 1 amide bonds. The Balaban J connectivity index is 0.000000298. The first-order valence-electron chi connectivity index (χ1n) is 14.7. The monoisotopic (exact) mass is 604 g/mol. The molecule has 2 atom stereocenters. The lowest BCUT2D eigenvalue weighted by Crippen LogP contribution is -2.52. The summed E-state index contributed by atoms with van der Waals surface area (Å²) < 4.78 is 0. The second-order valence-electron chi connectivity index (χ2n) is 10.4. The standard InChI is InChI=1S/C20H29N9.C5H5N3O.C2H4.C2H2.CH4O/c1-27-14-6-7-15(27)12-29(11-14)20-23-18(22-19(24-20)28-8-2-3-9-28)21-17-10-16(25-26-17)13-4-5-13;9-4-8-5-3-6-1-2-7-5;3*1-2/h10,13-15H,2-9,11-12H2,1H3,(H2,21,22,23,24,25,26);1-4H,(H,7,8,9);1-2H2;1-2H;2H,1H3/t14-,15+;;;;. The van der Waals surface area contributed by atoms with Crippen molar-refractivity contribution in [2.24, 2.45) is 0 Å². The number of aliphatic hydroxyl groups is 1. The number of hydrogen-bond acceptors (Lipinski definition) is 12. The van der Waals surface area contributed by atoms with E-state index in [1.54, 1.807) is 0 Å². The predicted octanol–water partition coefficient (Wildman–Crippen LogP) is 2.80. The summed E-state index contributed by atoms with van der Waals surface area (Å²) >= 11 is 0. The number of nitrogens with zero attached hydrogens (tertiary/aromatic N) is 9. The van der Waals surface area contributed by atoms with Gasteiger partial charge in [-0.25, -0.2) is 4.98 Å². The van der Waals surface area contributed by atoms with Gasteiger partial charge in [-0.3, -0.25) is 19.8 Å². The van der Waals surface area contributed by atoms with Crippen molar-refractivity contribution in [1.82, 2.24) is 40.0 Å². The molecule has 1 saturated carbocycles. The summed E-state index contributed by atoms with van der Waals surface area (Å²) in [6.07, 6.45) is 20.5. The molecule has 7 rings (SSSR count). The number of piperazine rings is 1. The Labute approximate surface area is 259 Å². The van der Waals surface area contributed by atoms with Gasteiger partial charge in [-0.1, -0.05) is 0 Å². The molecule has 4 N–H and O–H groups in total. The van der Waals surface area contributed by atoms with Crippen molar-refractivity contribution < 1.29 is 9.90 Å². The number of fused-ring (bicyclic) bond motifs is 2. The normalized spacial score (nSPS) is 19.8. The van der Waals surface area contributed by atoms with Gasteiger partial charge in [0.05, 0.1) is 6.20 Å². The highest BCUT2D eigenvalue weighted by atomic mass is 16.2. The molecular formula is C30H44N12O2. The molecule has 236 valence electrons. The zero-order chi connectivity index (χ0) is 31.9. The minimum atomic E-state index is 0.465. The minimum absolute atomic E-state index is 0.465. The number of carbonyl (C=O) groups excluding carboxylic acids is 1. The van der Waals surface area contributed by atoms with Gasteiger partial charge < -0.3 is 25.5 Å². The Bertz CT molecular complexity index is 1280. The second-order valence-corrected chi connectivity index (χ2v) is 10.4. The van der Waals surface area contributed by atoms with E-state index >= 15 is 0 Å². The molecule has 6 heterocycles. The third-order valence-corrected chi connectivity index (χ3v) is 7.76. The zero-order valence-corrected chi connectivity index (χ0v) is 25.6. The summed E-state index contributed by atoms with van der Waals surface area (Å²) in [5.74, 6) is 4.08. The molecule has 14 heteroatoms. The first-order valence-corrected chi connectivity index (χ1v) is 14.7. The van der Waals surface area contributed by atoms with Gasteiger partial charge in [0.1, 0.15) is 0 Å². The molecule has 1 aliphatic carbocycles. The average molecular weight is 605 g/mol. The molecule has 4 aliphatic rings. The number of aromatic amines is 1. The molecule has 4 fully saturated rings. The van der Waals surface area contributed by atoms with Gasteiger partial charge in [-0.15, -0.1) is 26.0 Å². The lowest BCUT2D eigenvalue weighted by atomic mass is 10.2. The fourth-order valence-electron chi connectivity index (χ4n) is 5.44. The van der Waals surface area contributed by atoms with Gasteiger partial charge in [0.2, 0.25) is 24.3 Å². The van der Waals surface area contributed by atoms with Gasteiger partial charge in [0.25, 0.3) is 0 Å². The van der Waals surface area contributed by atoms with E-state index in [-0.39, 0.29) is 0 Å². The first-order chi connectivity index (χ1) is 21.7. The van der Waals surface area contributed by atoms with Gasteiger partial charge >= 0.3 is 0 Å². The molecule has 3 aromatic rings. The summed E-state index contributed by atoms with van der Waals surface area (Å²) in [7, 11) is 3.25. The maximum atomic E-state index is 9.80. The quantitative estimate of drug-likeness (QED) is 0.177. The number of rotatable bonds is 7. The van der Waals surface area contributed by atoms with E-state index in [1.807, 2.05) is 0 Å². The van der Waals surface area contributed by atoms with Crippen LogP contribution < -0.4 is 20.4 Å². The highest BCUT2D eigenvalue weighted by Crippen LogP contribution is 2.39. The molecular weight excluding hydrogens is 560 g/mol. The van der Waals surface area contributed by atoms with Crippen LogP contribution in [-0.2, 0) is 4.79 Å². The third kappa shape index (κ3) is 8.95. The molecule has 2 bridgehead atoms. The van der Waals surface area contributed by atoms with Crippen molar-refractivity contribution in [2.45, 2.75) is 56.5 Å². The molecule has 44 heavy (non-hydrogen) atoms. The molecule has 0 unspecified atom stereocenters. The van der Waals surface area contributed by atoms with Crippen LogP contribution in [0, 0.1) is 12.8 Å².